The number of nitrogens with one attached hydrogen (secondary N) is 2. The van der Waals surface area contributed by atoms with Crippen LogP contribution in [0.4, 0.5) is 5.13 Å². The van der Waals surface area contributed by atoms with Crippen LogP contribution in [0.5, 0.6) is 0 Å². The van der Waals surface area contributed by atoms with E-state index in [2.05, 4.69) is 46.2 Å². The predicted octanol–water partition coefficient (Wildman–Crippen LogP) is 3.46. The fourth-order valence-electron chi connectivity index (χ4n) is 3.51. The van der Waals surface area contributed by atoms with Crippen molar-refractivity contribution >= 4 is 27.5 Å². The fraction of sp³-hybridized carbons (Fsp3) is 0.500. The summed E-state index contributed by atoms with van der Waals surface area (Å²) in [6, 6.07) is 4.53. The zero-order valence-electron chi connectivity index (χ0n) is 14.9. The van der Waals surface area contributed by atoms with Gasteiger partial charge in [0.1, 0.15) is 5.69 Å². The lowest BCUT2D eigenvalue weighted by atomic mass is 10.0. The van der Waals surface area contributed by atoms with Gasteiger partial charge in [-0.1, -0.05) is 13.8 Å². The first-order chi connectivity index (χ1) is 12.1. The van der Waals surface area contributed by atoms with E-state index < -0.39 is 0 Å². The summed E-state index contributed by atoms with van der Waals surface area (Å²) in [5, 5.41) is 13.2. The molecule has 1 aliphatic rings. The van der Waals surface area contributed by atoms with Crippen LogP contribution in [-0.2, 0) is 0 Å². The molecule has 0 spiro atoms. The number of pyridine rings is 1. The summed E-state index contributed by atoms with van der Waals surface area (Å²) in [7, 11) is 0. The highest BCUT2D eigenvalue weighted by Crippen LogP contribution is 2.34. The molecule has 0 unspecified atom stereocenters. The molecule has 6 nitrogen and oxygen atoms in total. The minimum absolute atomic E-state index is 0. The SMILES string of the molecule is Cc1sc(N2CCN[C@@H](CC(C)C)C2)nc1-c1[nH]nc2ncccc12.[HH]. The predicted molar refractivity (Wildman–Crippen MR) is 105 cm³/mol. The number of H-pyrrole nitrogens is 1. The van der Waals surface area contributed by atoms with E-state index in [1.165, 1.54) is 11.3 Å². The molecule has 0 saturated carbocycles. The van der Waals surface area contributed by atoms with Crippen molar-refractivity contribution in [1.82, 2.24) is 25.5 Å². The second-order valence-corrected chi connectivity index (χ2v) is 8.28. The van der Waals surface area contributed by atoms with Crippen molar-refractivity contribution in [2.24, 2.45) is 5.92 Å². The van der Waals surface area contributed by atoms with Gasteiger partial charge in [0.05, 0.1) is 5.69 Å². The van der Waals surface area contributed by atoms with E-state index in [0.717, 1.165) is 47.2 Å². The minimum Gasteiger partial charge on any atom is -0.345 e. The Morgan fingerprint density at radius 2 is 2.32 bits per heavy atom. The molecule has 0 bridgehead atoms. The Morgan fingerprint density at radius 1 is 1.44 bits per heavy atom. The number of anilines is 1. The maximum Gasteiger partial charge on any atom is 0.186 e. The Bertz CT molecular complexity index is 874. The van der Waals surface area contributed by atoms with Gasteiger partial charge in [-0.3, -0.25) is 5.10 Å². The Balaban J connectivity index is 0.00000196. The summed E-state index contributed by atoms with van der Waals surface area (Å²) in [4.78, 5) is 12.9. The first kappa shape index (κ1) is 16.5. The zero-order valence-corrected chi connectivity index (χ0v) is 15.7. The van der Waals surface area contributed by atoms with Gasteiger partial charge in [-0.05, 0) is 31.4 Å². The molecule has 0 amide bonds. The smallest absolute Gasteiger partial charge is 0.186 e. The van der Waals surface area contributed by atoms with Crippen LogP contribution in [0.15, 0.2) is 18.3 Å². The Morgan fingerprint density at radius 3 is 3.16 bits per heavy atom. The third-order valence-electron chi connectivity index (χ3n) is 4.63. The van der Waals surface area contributed by atoms with E-state index in [1.54, 1.807) is 17.5 Å². The average molecular weight is 359 g/mol. The van der Waals surface area contributed by atoms with Gasteiger partial charge in [-0.2, -0.15) is 5.10 Å². The number of fused-ring (bicyclic) bond motifs is 1. The second kappa shape index (κ2) is 6.72. The Hall–Kier alpha value is -1.99. The van der Waals surface area contributed by atoms with Gasteiger partial charge in [0.25, 0.3) is 0 Å². The molecule has 1 atom stereocenters. The van der Waals surface area contributed by atoms with Gasteiger partial charge < -0.3 is 10.2 Å². The number of hydrogen-bond donors (Lipinski definition) is 2. The number of piperazine rings is 1. The number of aromatic amines is 1. The van der Waals surface area contributed by atoms with Crippen LogP contribution >= 0.6 is 11.3 Å². The number of nitrogens with zero attached hydrogens (tertiary/aromatic N) is 4. The molecule has 2 N–H and O–H groups in total. The highest BCUT2D eigenvalue weighted by atomic mass is 32.1. The van der Waals surface area contributed by atoms with E-state index in [9.17, 15) is 0 Å². The van der Waals surface area contributed by atoms with Crippen molar-refractivity contribution in [2.45, 2.75) is 33.2 Å². The molecule has 4 heterocycles. The van der Waals surface area contributed by atoms with Crippen LogP contribution in [0.1, 0.15) is 26.6 Å². The van der Waals surface area contributed by atoms with E-state index in [0.29, 0.717) is 12.0 Å². The topological polar surface area (TPSA) is 69.7 Å². The molecule has 1 aliphatic heterocycles. The first-order valence-electron chi connectivity index (χ1n) is 8.87. The summed E-state index contributed by atoms with van der Waals surface area (Å²) < 4.78 is 0. The molecule has 1 saturated heterocycles. The molecule has 0 radical (unpaired) electrons. The van der Waals surface area contributed by atoms with Crippen molar-refractivity contribution < 1.29 is 1.43 Å². The van der Waals surface area contributed by atoms with Crippen LogP contribution in [0.25, 0.3) is 22.4 Å². The van der Waals surface area contributed by atoms with Gasteiger partial charge in [0.2, 0.25) is 0 Å². The van der Waals surface area contributed by atoms with Gasteiger partial charge in [-0.15, -0.1) is 11.3 Å². The van der Waals surface area contributed by atoms with Crippen molar-refractivity contribution in [3.63, 3.8) is 0 Å². The molecule has 0 aromatic carbocycles. The molecular weight excluding hydrogens is 332 g/mol. The van der Waals surface area contributed by atoms with Crippen LogP contribution in [0, 0.1) is 12.8 Å². The van der Waals surface area contributed by atoms with E-state index in [1.807, 2.05) is 12.1 Å². The monoisotopic (exact) mass is 358 g/mol. The van der Waals surface area contributed by atoms with E-state index in [-0.39, 0.29) is 1.43 Å². The summed E-state index contributed by atoms with van der Waals surface area (Å²) in [6.07, 6.45) is 2.96. The highest BCUT2D eigenvalue weighted by Gasteiger charge is 2.24. The van der Waals surface area contributed by atoms with Gasteiger partial charge in [0, 0.05) is 43.6 Å². The van der Waals surface area contributed by atoms with Crippen molar-refractivity contribution in [1.29, 1.82) is 0 Å². The number of hydrogen-bond acceptors (Lipinski definition) is 6. The van der Waals surface area contributed by atoms with Gasteiger partial charge >= 0.3 is 0 Å². The van der Waals surface area contributed by atoms with Crippen LogP contribution in [-0.4, -0.2) is 45.8 Å². The Kier molecular flexibility index (Phi) is 4.43. The highest BCUT2D eigenvalue weighted by molar-refractivity contribution is 7.16. The number of thiazole rings is 1. The third-order valence-corrected chi connectivity index (χ3v) is 5.67. The van der Waals surface area contributed by atoms with Crippen LogP contribution < -0.4 is 10.2 Å². The lowest BCUT2D eigenvalue weighted by molar-refractivity contribution is 0.388. The summed E-state index contributed by atoms with van der Waals surface area (Å²) in [5.41, 5.74) is 2.71. The van der Waals surface area contributed by atoms with Crippen LogP contribution in [0.3, 0.4) is 0 Å². The molecule has 1 fully saturated rings. The summed E-state index contributed by atoms with van der Waals surface area (Å²) in [5.74, 6) is 0.704. The molecule has 3 aromatic rings. The fourth-order valence-corrected chi connectivity index (χ4v) is 4.46. The maximum absolute atomic E-state index is 4.96. The van der Waals surface area contributed by atoms with Crippen molar-refractivity contribution in [3.05, 3.63) is 23.2 Å². The largest absolute Gasteiger partial charge is 0.345 e. The quantitative estimate of drug-likeness (QED) is 0.747. The third kappa shape index (κ3) is 3.26. The molecule has 7 heteroatoms. The lowest BCUT2D eigenvalue weighted by Gasteiger charge is -2.34. The number of aryl methyl sites for hydroxylation is 1. The van der Waals surface area contributed by atoms with Crippen molar-refractivity contribution in [2.75, 3.05) is 24.5 Å². The summed E-state index contributed by atoms with van der Waals surface area (Å²) in [6.45, 7) is 9.74. The molecule has 0 aliphatic carbocycles. The second-order valence-electron chi connectivity index (χ2n) is 7.10. The molecular formula is C18H26N6S. The molecule has 134 valence electrons. The normalized spacial score (nSPS) is 18.4. The standard InChI is InChI=1S/C18H24N6S.H2/c1-11(2)9-13-10-24(8-7-19-13)18-21-15(12(3)25-18)16-14-5-4-6-20-17(14)23-22-16;/h4-6,11,13,19H,7-10H2,1-3H3,(H,20,22,23);1H/t13-;/m0./s1. The molecule has 25 heavy (non-hydrogen) atoms. The van der Waals surface area contributed by atoms with Gasteiger partial charge in [0.15, 0.2) is 10.8 Å². The van der Waals surface area contributed by atoms with Crippen LogP contribution in [0.2, 0.25) is 0 Å². The first-order valence-corrected chi connectivity index (χ1v) is 9.68. The number of rotatable bonds is 4. The molecule has 4 rings (SSSR count). The minimum atomic E-state index is 0. The zero-order chi connectivity index (χ0) is 17.4. The summed E-state index contributed by atoms with van der Waals surface area (Å²) >= 11 is 1.77. The molecule has 3 aromatic heterocycles. The maximum atomic E-state index is 4.96. The number of aromatic nitrogens is 4. The van der Waals surface area contributed by atoms with Crippen molar-refractivity contribution in [3.8, 4) is 11.4 Å². The van der Waals surface area contributed by atoms with E-state index in [4.69, 9.17) is 4.98 Å². The average Bonchev–Trinajstić information content (AvgIpc) is 3.18. The van der Waals surface area contributed by atoms with Gasteiger partial charge in [-0.25, -0.2) is 9.97 Å². The Labute approximate surface area is 153 Å². The lowest BCUT2D eigenvalue weighted by Crippen LogP contribution is -2.51. The van der Waals surface area contributed by atoms with E-state index >= 15 is 0 Å².